The molecule has 0 amide bonds. The van der Waals surface area contributed by atoms with Gasteiger partial charge >= 0.3 is 0 Å². The van der Waals surface area contributed by atoms with Gasteiger partial charge in [0.15, 0.2) is 5.78 Å². The predicted octanol–water partition coefficient (Wildman–Crippen LogP) is 6.95. The Morgan fingerprint density at radius 2 is 1.91 bits per heavy atom. The van der Waals surface area contributed by atoms with E-state index in [1.807, 2.05) is 30.0 Å². The van der Waals surface area contributed by atoms with Gasteiger partial charge in [0.25, 0.3) is 0 Å². The van der Waals surface area contributed by atoms with Gasteiger partial charge in [0, 0.05) is 32.5 Å². The molecular formula is C27H30ClN3OS. The van der Waals surface area contributed by atoms with Crippen molar-refractivity contribution in [1.82, 2.24) is 0 Å². The standard InChI is InChI=1S/C27H30ClN3OS/c1-15-17(28)8-7-9-18(15)31-19-12-27(5,6)13-20(32)24(19)23(16(14-29)25(31)30)21-10-11-22(33-21)26(2,3)4/h7-11,23H,12-13,30H2,1-6H3/t23-/m0/s1. The Balaban J connectivity index is 2.00. The van der Waals surface area contributed by atoms with Crippen LogP contribution in [0.5, 0.6) is 0 Å². The summed E-state index contributed by atoms with van der Waals surface area (Å²) in [6, 6.07) is 12.2. The fourth-order valence-corrected chi connectivity index (χ4v) is 6.17. The summed E-state index contributed by atoms with van der Waals surface area (Å²) >= 11 is 8.11. The predicted molar refractivity (Wildman–Crippen MR) is 136 cm³/mol. The lowest BCUT2D eigenvalue weighted by molar-refractivity contribution is -0.118. The summed E-state index contributed by atoms with van der Waals surface area (Å²) in [5, 5.41) is 10.9. The summed E-state index contributed by atoms with van der Waals surface area (Å²) in [7, 11) is 0. The molecule has 0 fully saturated rings. The van der Waals surface area contributed by atoms with Gasteiger partial charge in [-0.2, -0.15) is 5.26 Å². The van der Waals surface area contributed by atoms with Crippen LogP contribution in [0.3, 0.4) is 0 Å². The highest BCUT2D eigenvalue weighted by Crippen LogP contribution is 2.52. The number of benzene rings is 1. The van der Waals surface area contributed by atoms with Crippen LogP contribution in [0, 0.1) is 23.7 Å². The summed E-state index contributed by atoms with van der Waals surface area (Å²) in [6.07, 6.45) is 1.13. The van der Waals surface area contributed by atoms with Crippen LogP contribution in [0.15, 0.2) is 53.0 Å². The molecule has 4 rings (SSSR count). The molecule has 1 atom stereocenters. The van der Waals surface area contributed by atoms with Gasteiger partial charge in [-0.25, -0.2) is 0 Å². The molecule has 2 aliphatic rings. The lowest BCUT2D eigenvalue weighted by Gasteiger charge is -2.44. The van der Waals surface area contributed by atoms with Crippen LogP contribution < -0.4 is 10.6 Å². The number of allylic oxidation sites excluding steroid dienone is 3. The maximum Gasteiger partial charge on any atom is 0.162 e. The molecule has 0 radical (unpaired) electrons. The number of nitrogens with zero attached hydrogens (tertiary/aromatic N) is 2. The quantitative estimate of drug-likeness (QED) is 0.506. The Labute approximate surface area is 205 Å². The van der Waals surface area contributed by atoms with Crippen LogP contribution in [0.2, 0.25) is 5.02 Å². The van der Waals surface area contributed by atoms with Gasteiger partial charge in [0.05, 0.1) is 23.2 Å². The number of Topliss-reactive ketones (excluding diaryl/α,β-unsaturated/α-hetero) is 1. The van der Waals surface area contributed by atoms with Crippen molar-refractivity contribution in [3.05, 3.63) is 73.3 Å². The third-order valence-electron chi connectivity index (χ3n) is 6.51. The highest BCUT2D eigenvalue weighted by Gasteiger charge is 2.45. The zero-order chi connectivity index (χ0) is 24.3. The van der Waals surface area contributed by atoms with E-state index in [1.165, 1.54) is 4.88 Å². The summed E-state index contributed by atoms with van der Waals surface area (Å²) in [4.78, 5) is 17.8. The average Bonchev–Trinajstić information content (AvgIpc) is 3.19. The number of hydrogen-bond donors (Lipinski definition) is 1. The second-order valence-electron chi connectivity index (χ2n) is 10.8. The molecule has 0 unspecified atom stereocenters. The molecule has 2 aromatic rings. The number of thiophene rings is 1. The van der Waals surface area contributed by atoms with Crippen LogP contribution in [0.1, 0.15) is 68.7 Å². The summed E-state index contributed by atoms with van der Waals surface area (Å²) < 4.78 is 0. The van der Waals surface area contributed by atoms with E-state index >= 15 is 0 Å². The van der Waals surface area contributed by atoms with E-state index in [1.54, 1.807) is 11.3 Å². The van der Waals surface area contributed by atoms with E-state index in [4.69, 9.17) is 17.3 Å². The molecule has 1 aliphatic heterocycles. The largest absolute Gasteiger partial charge is 0.384 e. The zero-order valence-corrected chi connectivity index (χ0v) is 21.6. The first-order valence-corrected chi connectivity index (χ1v) is 12.4. The van der Waals surface area contributed by atoms with E-state index in [-0.39, 0.29) is 16.6 Å². The van der Waals surface area contributed by atoms with Crippen LogP contribution in [-0.4, -0.2) is 5.78 Å². The molecule has 1 aromatic heterocycles. The van der Waals surface area contributed by atoms with Crippen molar-refractivity contribution in [3.63, 3.8) is 0 Å². The molecule has 1 aromatic carbocycles. The average molecular weight is 480 g/mol. The van der Waals surface area contributed by atoms with Gasteiger partial charge < -0.3 is 5.73 Å². The van der Waals surface area contributed by atoms with E-state index in [2.05, 4.69) is 52.8 Å². The molecule has 2 heterocycles. The van der Waals surface area contributed by atoms with Crippen molar-refractivity contribution in [3.8, 4) is 6.07 Å². The van der Waals surface area contributed by atoms with Gasteiger partial charge in [-0.3, -0.25) is 9.69 Å². The minimum absolute atomic E-state index is 0.0145. The first-order valence-electron chi connectivity index (χ1n) is 11.2. The molecule has 33 heavy (non-hydrogen) atoms. The molecule has 0 saturated carbocycles. The number of nitrogens with two attached hydrogens (primary N) is 1. The monoisotopic (exact) mass is 479 g/mol. The van der Waals surface area contributed by atoms with Gasteiger partial charge in [-0.15, -0.1) is 11.3 Å². The van der Waals surface area contributed by atoms with E-state index in [0.29, 0.717) is 34.8 Å². The number of hydrogen-bond acceptors (Lipinski definition) is 5. The van der Waals surface area contributed by atoms with Gasteiger partial charge in [-0.05, 0) is 54.0 Å². The fourth-order valence-electron chi connectivity index (χ4n) is 4.82. The van der Waals surface area contributed by atoms with Crippen molar-refractivity contribution in [2.24, 2.45) is 11.1 Å². The highest BCUT2D eigenvalue weighted by molar-refractivity contribution is 7.12. The molecule has 0 bridgehead atoms. The number of halogens is 1. The molecular weight excluding hydrogens is 450 g/mol. The highest BCUT2D eigenvalue weighted by atomic mass is 35.5. The van der Waals surface area contributed by atoms with Crippen molar-refractivity contribution in [2.45, 2.75) is 65.7 Å². The third kappa shape index (κ3) is 4.00. The van der Waals surface area contributed by atoms with E-state index in [9.17, 15) is 10.1 Å². The van der Waals surface area contributed by atoms with Gasteiger partial charge in [-0.1, -0.05) is 52.3 Å². The Morgan fingerprint density at radius 3 is 2.52 bits per heavy atom. The SMILES string of the molecule is Cc1c(Cl)cccc1N1C(N)=C(C#N)[C@@H](c2ccc(C(C)(C)C)s2)C2=C1CC(C)(C)CC2=O. The molecule has 6 heteroatoms. The Bertz CT molecular complexity index is 1250. The molecule has 4 nitrogen and oxygen atoms in total. The van der Waals surface area contributed by atoms with Crippen LogP contribution in [0.25, 0.3) is 0 Å². The van der Waals surface area contributed by atoms with Gasteiger partial charge in [0.1, 0.15) is 5.82 Å². The van der Waals surface area contributed by atoms with Crippen LogP contribution >= 0.6 is 22.9 Å². The Kier molecular flexibility index (Phi) is 5.75. The van der Waals surface area contributed by atoms with Gasteiger partial charge in [0.2, 0.25) is 0 Å². The maximum atomic E-state index is 13.6. The van der Waals surface area contributed by atoms with Crippen molar-refractivity contribution < 1.29 is 4.79 Å². The fraction of sp³-hybridized carbons (Fsp3) is 0.407. The van der Waals surface area contributed by atoms with E-state index in [0.717, 1.165) is 21.8 Å². The lowest BCUT2D eigenvalue weighted by atomic mass is 9.69. The number of carbonyl (C=O) groups excluding carboxylic acids is 1. The Hall–Kier alpha value is -2.55. The summed E-state index contributed by atoms with van der Waals surface area (Å²) in [5.41, 5.74) is 10.2. The molecule has 172 valence electrons. The molecule has 0 saturated heterocycles. The minimum Gasteiger partial charge on any atom is -0.384 e. The first kappa shape index (κ1) is 23.6. The second-order valence-corrected chi connectivity index (χ2v) is 12.3. The maximum absolute atomic E-state index is 13.6. The summed E-state index contributed by atoms with van der Waals surface area (Å²) in [5.74, 6) is 0.0233. The third-order valence-corrected chi connectivity index (χ3v) is 8.50. The van der Waals surface area contributed by atoms with Crippen molar-refractivity contribution >= 4 is 34.4 Å². The number of nitriles is 1. The topological polar surface area (TPSA) is 70.1 Å². The first-order chi connectivity index (χ1) is 15.4. The number of carbonyl (C=O) groups is 1. The second kappa shape index (κ2) is 8.04. The normalized spacial score (nSPS) is 20.7. The van der Waals surface area contributed by atoms with E-state index < -0.39 is 5.92 Å². The van der Waals surface area contributed by atoms with Crippen LogP contribution in [-0.2, 0) is 10.2 Å². The minimum atomic E-state index is -0.439. The van der Waals surface area contributed by atoms with Crippen molar-refractivity contribution in [1.29, 1.82) is 5.26 Å². The smallest absolute Gasteiger partial charge is 0.162 e. The Morgan fingerprint density at radius 1 is 1.21 bits per heavy atom. The summed E-state index contributed by atoms with van der Waals surface area (Å²) in [6.45, 7) is 12.7. The molecule has 0 spiro atoms. The zero-order valence-electron chi connectivity index (χ0n) is 20.0. The lowest BCUT2D eigenvalue weighted by Crippen LogP contribution is -2.42. The number of rotatable bonds is 2. The number of anilines is 1. The number of ketones is 1. The van der Waals surface area contributed by atoms with Crippen LogP contribution in [0.4, 0.5) is 5.69 Å². The molecule has 2 N–H and O–H groups in total. The molecule has 1 aliphatic carbocycles. The van der Waals surface area contributed by atoms with Crippen molar-refractivity contribution in [2.75, 3.05) is 4.90 Å².